The van der Waals surface area contributed by atoms with Crippen LogP contribution in [0.5, 0.6) is 5.75 Å². The largest absolute Gasteiger partial charge is 0.496 e. The zero-order valence-electron chi connectivity index (χ0n) is 16.2. The van der Waals surface area contributed by atoms with E-state index in [0.29, 0.717) is 23.5 Å². The molecule has 26 heavy (non-hydrogen) atoms. The summed E-state index contributed by atoms with van der Waals surface area (Å²) in [7, 11) is 3.65. The maximum Gasteiger partial charge on any atom is 0.255 e. The third-order valence-corrected chi connectivity index (χ3v) is 4.88. The predicted octanol–water partition coefficient (Wildman–Crippen LogP) is 3.50. The van der Waals surface area contributed by atoms with Crippen molar-refractivity contribution in [2.24, 2.45) is 0 Å². The molecule has 2 amide bonds. The van der Waals surface area contributed by atoms with E-state index in [1.165, 1.54) is 26.9 Å². The number of anilines is 1. The van der Waals surface area contributed by atoms with Gasteiger partial charge in [-0.05, 0) is 68.1 Å². The summed E-state index contributed by atoms with van der Waals surface area (Å²) in [5.74, 6) is 0.130. The van der Waals surface area contributed by atoms with Gasteiger partial charge in [0.2, 0.25) is 5.91 Å². The van der Waals surface area contributed by atoms with Gasteiger partial charge < -0.3 is 20.3 Å². The molecule has 0 aliphatic rings. The molecule has 7 heteroatoms. The van der Waals surface area contributed by atoms with Gasteiger partial charge in [-0.1, -0.05) is 13.3 Å². The second kappa shape index (κ2) is 12.1. The molecule has 0 aliphatic heterocycles. The van der Waals surface area contributed by atoms with E-state index in [4.69, 9.17) is 4.74 Å². The number of methoxy groups -OCH3 is 1. The Morgan fingerprint density at radius 2 is 1.88 bits per heavy atom. The van der Waals surface area contributed by atoms with E-state index < -0.39 is 0 Å². The molecule has 0 aromatic heterocycles. The molecule has 0 bridgehead atoms. The zero-order valence-corrected chi connectivity index (χ0v) is 18.3. The van der Waals surface area contributed by atoms with Crippen LogP contribution in [0, 0.1) is 3.57 Å². The number of nitrogens with one attached hydrogen (secondary N) is 2. The second-order valence-corrected chi connectivity index (χ2v) is 7.50. The monoisotopic (exact) mass is 475 g/mol. The normalized spacial score (nSPS) is 10.7. The first-order valence-electron chi connectivity index (χ1n) is 9.00. The Kier molecular flexibility index (Phi) is 10.6. The first kappa shape index (κ1) is 22.7. The number of rotatable bonds is 11. The standard InChI is InChI=1S/C19H30IN3O3/c1-5-6-10-23(3)11-8-7-9-21-19(25)15-12-16(20)17(22-14(2)24)13-18(15)26-4/h12-13H,5-11H2,1-4H3,(H,21,25)(H,22,24). The molecule has 146 valence electrons. The molecule has 0 saturated carbocycles. The van der Waals surface area contributed by atoms with Gasteiger partial charge in [-0.25, -0.2) is 0 Å². The fraction of sp³-hybridized carbons (Fsp3) is 0.579. The summed E-state index contributed by atoms with van der Waals surface area (Å²) in [6, 6.07) is 3.42. The Labute approximate surface area is 170 Å². The first-order valence-corrected chi connectivity index (χ1v) is 10.1. The van der Waals surface area contributed by atoms with Crippen molar-refractivity contribution >= 4 is 40.1 Å². The van der Waals surface area contributed by atoms with Crippen molar-refractivity contribution in [3.8, 4) is 5.75 Å². The van der Waals surface area contributed by atoms with Crippen molar-refractivity contribution in [1.82, 2.24) is 10.2 Å². The number of hydrogen-bond donors (Lipinski definition) is 2. The highest BCUT2D eigenvalue weighted by Gasteiger charge is 2.16. The van der Waals surface area contributed by atoms with E-state index in [0.717, 1.165) is 29.5 Å². The maximum atomic E-state index is 12.5. The Bertz CT molecular complexity index is 608. The van der Waals surface area contributed by atoms with Crippen molar-refractivity contribution < 1.29 is 14.3 Å². The van der Waals surface area contributed by atoms with Crippen LogP contribution in [0.3, 0.4) is 0 Å². The van der Waals surface area contributed by atoms with Gasteiger partial charge in [-0.15, -0.1) is 0 Å². The van der Waals surface area contributed by atoms with Crippen molar-refractivity contribution in [2.45, 2.75) is 39.5 Å². The van der Waals surface area contributed by atoms with Gasteiger partial charge in [0.25, 0.3) is 5.91 Å². The van der Waals surface area contributed by atoms with E-state index >= 15 is 0 Å². The first-order chi connectivity index (χ1) is 12.4. The molecule has 0 heterocycles. The van der Waals surface area contributed by atoms with Crippen LogP contribution in [0.15, 0.2) is 12.1 Å². The molecule has 6 nitrogen and oxygen atoms in total. The summed E-state index contributed by atoms with van der Waals surface area (Å²) >= 11 is 2.10. The van der Waals surface area contributed by atoms with Crippen molar-refractivity contribution in [1.29, 1.82) is 0 Å². The van der Waals surface area contributed by atoms with E-state index in [2.05, 4.69) is 52.1 Å². The van der Waals surface area contributed by atoms with Crippen LogP contribution >= 0.6 is 22.6 Å². The van der Waals surface area contributed by atoms with Gasteiger partial charge in [0.05, 0.1) is 18.4 Å². The molecule has 0 fully saturated rings. The quantitative estimate of drug-likeness (QED) is 0.380. The third kappa shape index (κ3) is 7.90. The third-order valence-electron chi connectivity index (χ3n) is 3.99. The Morgan fingerprint density at radius 3 is 2.50 bits per heavy atom. The average molecular weight is 475 g/mol. The molecular formula is C19H30IN3O3. The molecule has 0 radical (unpaired) electrons. The summed E-state index contributed by atoms with van der Waals surface area (Å²) < 4.78 is 6.11. The fourth-order valence-corrected chi connectivity index (χ4v) is 3.13. The zero-order chi connectivity index (χ0) is 19.5. The molecule has 0 spiro atoms. The number of nitrogens with zero attached hydrogens (tertiary/aromatic N) is 1. The average Bonchev–Trinajstić information content (AvgIpc) is 2.60. The number of hydrogen-bond acceptors (Lipinski definition) is 4. The highest BCUT2D eigenvalue weighted by atomic mass is 127. The van der Waals surface area contributed by atoms with Crippen molar-refractivity contribution in [3.63, 3.8) is 0 Å². The molecule has 2 N–H and O–H groups in total. The Hall–Kier alpha value is -1.35. The van der Waals surface area contributed by atoms with Crippen molar-refractivity contribution in [3.05, 3.63) is 21.3 Å². The number of carbonyl (C=O) groups is 2. The summed E-state index contributed by atoms with van der Waals surface area (Å²) in [4.78, 5) is 26.0. The highest BCUT2D eigenvalue weighted by Crippen LogP contribution is 2.28. The van der Waals surface area contributed by atoms with E-state index in [1.54, 1.807) is 12.1 Å². The number of benzene rings is 1. The van der Waals surface area contributed by atoms with Gasteiger partial charge in [0.15, 0.2) is 0 Å². The Morgan fingerprint density at radius 1 is 1.19 bits per heavy atom. The molecule has 1 aromatic rings. The molecule has 0 unspecified atom stereocenters. The number of amides is 2. The second-order valence-electron chi connectivity index (χ2n) is 6.33. The molecule has 0 saturated heterocycles. The fourth-order valence-electron chi connectivity index (χ4n) is 2.53. The minimum absolute atomic E-state index is 0.159. The topological polar surface area (TPSA) is 70.7 Å². The lowest BCUT2D eigenvalue weighted by Crippen LogP contribution is -2.26. The number of carbonyl (C=O) groups excluding carboxylic acids is 2. The summed E-state index contributed by atoms with van der Waals surface area (Å²) in [6.07, 6.45) is 4.42. The van der Waals surface area contributed by atoms with Gasteiger partial charge in [-0.3, -0.25) is 9.59 Å². The lowest BCUT2D eigenvalue weighted by atomic mass is 10.1. The van der Waals surface area contributed by atoms with E-state index in [9.17, 15) is 9.59 Å². The molecule has 1 rings (SSSR count). The summed E-state index contributed by atoms with van der Waals surface area (Å²) in [6.45, 7) is 6.44. The number of halogens is 1. The van der Waals surface area contributed by atoms with Crippen LogP contribution in [0.25, 0.3) is 0 Å². The lowest BCUT2D eigenvalue weighted by molar-refractivity contribution is -0.114. The molecule has 0 aliphatic carbocycles. The molecular weight excluding hydrogens is 445 g/mol. The Balaban J connectivity index is 2.54. The number of ether oxygens (including phenoxy) is 1. The van der Waals surface area contributed by atoms with Gasteiger partial charge in [0.1, 0.15) is 5.75 Å². The minimum atomic E-state index is -0.161. The molecule has 1 aromatic carbocycles. The van der Waals surface area contributed by atoms with Gasteiger partial charge in [-0.2, -0.15) is 0 Å². The van der Waals surface area contributed by atoms with Crippen molar-refractivity contribution in [2.75, 3.05) is 39.1 Å². The van der Waals surface area contributed by atoms with Crippen LogP contribution in [-0.2, 0) is 4.79 Å². The van der Waals surface area contributed by atoms with E-state index in [-0.39, 0.29) is 11.8 Å². The van der Waals surface area contributed by atoms with Crippen LogP contribution in [0.4, 0.5) is 5.69 Å². The van der Waals surface area contributed by atoms with Crippen LogP contribution in [-0.4, -0.2) is 50.5 Å². The summed E-state index contributed by atoms with van der Waals surface area (Å²) in [5, 5.41) is 5.69. The highest BCUT2D eigenvalue weighted by molar-refractivity contribution is 14.1. The predicted molar refractivity (Wildman–Crippen MR) is 114 cm³/mol. The number of unbranched alkanes of at least 4 members (excludes halogenated alkanes) is 2. The van der Waals surface area contributed by atoms with Gasteiger partial charge >= 0.3 is 0 Å². The van der Waals surface area contributed by atoms with Crippen LogP contribution < -0.4 is 15.4 Å². The van der Waals surface area contributed by atoms with Gasteiger partial charge in [0, 0.05) is 23.1 Å². The lowest BCUT2D eigenvalue weighted by Gasteiger charge is -2.16. The SMILES string of the molecule is CCCCN(C)CCCCNC(=O)c1cc(I)c(NC(C)=O)cc1OC. The van der Waals surface area contributed by atoms with E-state index in [1.807, 2.05) is 0 Å². The smallest absolute Gasteiger partial charge is 0.255 e. The minimum Gasteiger partial charge on any atom is -0.496 e. The maximum absolute atomic E-state index is 12.5. The molecule has 0 atom stereocenters. The summed E-state index contributed by atoms with van der Waals surface area (Å²) in [5.41, 5.74) is 1.12. The van der Waals surface area contributed by atoms with Crippen LogP contribution in [0.1, 0.15) is 49.9 Å². The van der Waals surface area contributed by atoms with Crippen LogP contribution in [0.2, 0.25) is 0 Å².